The van der Waals surface area contributed by atoms with Crippen LogP contribution in [0.25, 0.3) is 0 Å². The molecule has 0 amide bonds. The first-order valence-corrected chi connectivity index (χ1v) is 5.49. The molecule has 0 saturated heterocycles. The Hall–Kier alpha value is -0.760. The lowest BCUT2D eigenvalue weighted by molar-refractivity contribution is 0.643. The molecule has 14 heavy (non-hydrogen) atoms. The van der Waals surface area contributed by atoms with Gasteiger partial charge in [0.05, 0.1) is 0 Å². The second-order valence-electron chi connectivity index (χ2n) is 3.53. The van der Waals surface area contributed by atoms with Gasteiger partial charge < -0.3 is 5.32 Å². The van der Waals surface area contributed by atoms with Crippen LogP contribution in [0.2, 0.25) is 5.15 Å². The Labute approximate surface area is 90.7 Å². The third-order valence-electron chi connectivity index (χ3n) is 2.10. The van der Waals surface area contributed by atoms with Crippen LogP contribution in [0.1, 0.15) is 33.1 Å². The Morgan fingerprint density at radius 1 is 1.50 bits per heavy atom. The van der Waals surface area contributed by atoms with Crippen LogP contribution in [0.3, 0.4) is 0 Å². The lowest BCUT2D eigenvalue weighted by atomic mass is 10.1. The van der Waals surface area contributed by atoms with Crippen molar-refractivity contribution in [2.75, 3.05) is 5.32 Å². The van der Waals surface area contributed by atoms with Crippen molar-refractivity contribution in [2.24, 2.45) is 0 Å². The van der Waals surface area contributed by atoms with Gasteiger partial charge in [0.15, 0.2) is 0 Å². The van der Waals surface area contributed by atoms with E-state index in [-0.39, 0.29) is 0 Å². The number of nitrogens with zero attached hydrogens (tertiary/aromatic N) is 1. The summed E-state index contributed by atoms with van der Waals surface area (Å²) in [6.45, 7) is 4.36. The number of halogens is 1. The number of hydrogen-bond acceptors (Lipinski definition) is 2. The van der Waals surface area contributed by atoms with E-state index in [1.54, 1.807) is 6.07 Å². The summed E-state index contributed by atoms with van der Waals surface area (Å²) in [5.74, 6) is 0.862. The van der Waals surface area contributed by atoms with Crippen molar-refractivity contribution in [1.82, 2.24) is 4.98 Å². The molecule has 0 bridgehead atoms. The molecule has 0 fully saturated rings. The van der Waals surface area contributed by atoms with Crippen LogP contribution in [0, 0.1) is 0 Å². The molecule has 1 rings (SSSR count). The molecule has 3 heteroatoms. The highest BCUT2D eigenvalue weighted by molar-refractivity contribution is 6.29. The monoisotopic (exact) mass is 212 g/mol. The molecular weight excluding hydrogens is 196 g/mol. The standard InChI is InChI=1S/C11H17ClN2/c1-3-4-6-9(2)13-11-8-5-7-10(12)14-11/h5,7-9H,3-4,6H2,1-2H3,(H,13,14). The zero-order valence-electron chi connectivity index (χ0n) is 8.76. The van der Waals surface area contributed by atoms with Gasteiger partial charge in [-0.15, -0.1) is 0 Å². The largest absolute Gasteiger partial charge is 0.368 e. The number of anilines is 1. The first-order valence-electron chi connectivity index (χ1n) is 5.11. The fourth-order valence-electron chi connectivity index (χ4n) is 1.32. The summed E-state index contributed by atoms with van der Waals surface area (Å²) in [4.78, 5) is 4.18. The fourth-order valence-corrected chi connectivity index (χ4v) is 1.49. The normalized spacial score (nSPS) is 12.5. The zero-order valence-corrected chi connectivity index (χ0v) is 9.51. The minimum atomic E-state index is 0.459. The van der Waals surface area contributed by atoms with Crippen molar-refractivity contribution in [2.45, 2.75) is 39.2 Å². The third-order valence-corrected chi connectivity index (χ3v) is 2.31. The van der Waals surface area contributed by atoms with E-state index in [0.29, 0.717) is 11.2 Å². The number of pyridine rings is 1. The average molecular weight is 213 g/mol. The van der Waals surface area contributed by atoms with E-state index in [4.69, 9.17) is 11.6 Å². The van der Waals surface area contributed by atoms with Crippen molar-refractivity contribution in [3.63, 3.8) is 0 Å². The zero-order chi connectivity index (χ0) is 10.4. The lowest BCUT2D eigenvalue weighted by Crippen LogP contribution is -2.15. The van der Waals surface area contributed by atoms with Gasteiger partial charge in [-0.05, 0) is 25.5 Å². The Morgan fingerprint density at radius 2 is 2.29 bits per heavy atom. The average Bonchev–Trinajstić information content (AvgIpc) is 2.15. The number of rotatable bonds is 5. The van der Waals surface area contributed by atoms with Crippen molar-refractivity contribution in [3.8, 4) is 0 Å². The smallest absolute Gasteiger partial charge is 0.131 e. The highest BCUT2D eigenvalue weighted by Crippen LogP contribution is 2.12. The van der Waals surface area contributed by atoms with Gasteiger partial charge in [-0.3, -0.25) is 0 Å². The summed E-state index contributed by atoms with van der Waals surface area (Å²) in [6.07, 6.45) is 3.65. The van der Waals surface area contributed by atoms with Crippen molar-refractivity contribution in [1.29, 1.82) is 0 Å². The fraction of sp³-hybridized carbons (Fsp3) is 0.545. The van der Waals surface area contributed by atoms with Crippen LogP contribution in [-0.2, 0) is 0 Å². The Kier molecular flexibility index (Phi) is 4.74. The Bertz CT molecular complexity index is 276. The molecule has 1 N–H and O–H groups in total. The number of aromatic nitrogens is 1. The molecule has 78 valence electrons. The number of hydrogen-bond donors (Lipinski definition) is 1. The molecule has 0 radical (unpaired) electrons. The van der Waals surface area contributed by atoms with Crippen LogP contribution < -0.4 is 5.32 Å². The summed E-state index contributed by atoms with van der Waals surface area (Å²) >= 11 is 5.78. The van der Waals surface area contributed by atoms with Gasteiger partial charge in [-0.25, -0.2) is 4.98 Å². The van der Waals surface area contributed by atoms with Gasteiger partial charge in [0.1, 0.15) is 11.0 Å². The van der Waals surface area contributed by atoms with Gasteiger partial charge in [0.25, 0.3) is 0 Å². The maximum absolute atomic E-state index is 5.78. The van der Waals surface area contributed by atoms with Crippen LogP contribution in [0.4, 0.5) is 5.82 Å². The second-order valence-corrected chi connectivity index (χ2v) is 3.92. The van der Waals surface area contributed by atoms with Gasteiger partial charge in [-0.1, -0.05) is 37.4 Å². The van der Waals surface area contributed by atoms with E-state index in [1.165, 1.54) is 19.3 Å². The van der Waals surface area contributed by atoms with Crippen molar-refractivity contribution < 1.29 is 0 Å². The van der Waals surface area contributed by atoms with Gasteiger partial charge >= 0.3 is 0 Å². The topological polar surface area (TPSA) is 24.9 Å². The first-order chi connectivity index (χ1) is 6.72. The van der Waals surface area contributed by atoms with Crippen LogP contribution >= 0.6 is 11.6 Å². The lowest BCUT2D eigenvalue weighted by Gasteiger charge is -2.13. The Morgan fingerprint density at radius 3 is 2.93 bits per heavy atom. The molecule has 1 atom stereocenters. The van der Waals surface area contributed by atoms with Crippen LogP contribution in [0.5, 0.6) is 0 Å². The molecule has 0 aliphatic carbocycles. The van der Waals surface area contributed by atoms with E-state index < -0.39 is 0 Å². The predicted molar refractivity (Wildman–Crippen MR) is 61.9 cm³/mol. The van der Waals surface area contributed by atoms with Crippen LogP contribution in [-0.4, -0.2) is 11.0 Å². The van der Waals surface area contributed by atoms with Crippen molar-refractivity contribution in [3.05, 3.63) is 23.4 Å². The molecular formula is C11H17ClN2. The molecule has 1 aromatic rings. The summed E-state index contributed by atoms with van der Waals surface area (Å²) in [5, 5.41) is 3.86. The third kappa shape index (κ3) is 3.97. The molecule has 0 spiro atoms. The SMILES string of the molecule is CCCCC(C)Nc1cccc(Cl)n1. The molecule has 0 aliphatic rings. The second kappa shape index (κ2) is 5.86. The summed E-state index contributed by atoms with van der Waals surface area (Å²) in [6, 6.07) is 6.09. The van der Waals surface area contributed by atoms with E-state index >= 15 is 0 Å². The van der Waals surface area contributed by atoms with E-state index in [9.17, 15) is 0 Å². The molecule has 1 heterocycles. The maximum atomic E-state index is 5.78. The van der Waals surface area contributed by atoms with Gasteiger partial charge in [0.2, 0.25) is 0 Å². The Balaban J connectivity index is 2.43. The highest BCUT2D eigenvalue weighted by Gasteiger charge is 2.01. The number of unbranched alkanes of at least 4 members (excludes halogenated alkanes) is 1. The molecule has 0 aliphatic heterocycles. The summed E-state index contributed by atoms with van der Waals surface area (Å²) in [7, 11) is 0. The van der Waals surface area contributed by atoms with E-state index in [0.717, 1.165) is 5.82 Å². The van der Waals surface area contributed by atoms with Crippen molar-refractivity contribution >= 4 is 17.4 Å². The molecule has 2 nitrogen and oxygen atoms in total. The van der Waals surface area contributed by atoms with Gasteiger partial charge in [-0.2, -0.15) is 0 Å². The van der Waals surface area contributed by atoms with Gasteiger partial charge in [0, 0.05) is 6.04 Å². The molecule has 1 unspecified atom stereocenters. The predicted octanol–water partition coefficient (Wildman–Crippen LogP) is 3.73. The van der Waals surface area contributed by atoms with E-state index in [2.05, 4.69) is 24.1 Å². The number of nitrogens with one attached hydrogen (secondary N) is 1. The summed E-state index contributed by atoms with van der Waals surface area (Å²) in [5.41, 5.74) is 0. The quantitative estimate of drug-likeness (QED) is 0.753. The van der Waals surface area contributed by atoms with E-state index in [1.807, 2.05) is 12.1 Å². The van der Waals surface area contributed by atoms with Crippen LogP contribution in [0.15, 0.2) is 18.2 Å². The first kappa shape index (κ1) is 11.3. The highest BCUT2D eigenvalue weighted by atomic mass is 35.5. The molecule has 0 aromatic carbocycles. The molecule has 0 saturated carbocycles. The maximum Gasteiger partial charge on any atom is 0.131 e. The molecule has 1 aromatic heterocycles. The summed E-state index contributed by atoms with van der Waals surface area (Å²) < 4.78 is 0. The minimum Gasteiger partial charge on any atom is -0.368 e. The minimum absolute atomic E-state index is 0.459.